The summed E-state index contributed by atoms with van der Waals surface area (Å²) in [7, 11) is 0. The molecule has 0 saturated heterocycles. The van der Waals surface area contributed by atoms with E-state index in [0.717, 1.165) is 12.8 Å². The quantitative estimate of drug-likeness (QED) is 0.604. The number of hydrogen-bond acceptors (Lipinski definition) is 6. The lowest BCUT2D eigenvalue weighted by Crippen LogP contribution is -2.42. The van der Waals surface area contributed by atoms with E-state index in [2.05, 4.69) is 20.7 Å². The average Bonchev–Trinajstić information content (AvgIpc) is 3.44. The topological polar surface area (TPSA) is 107 Å². The van der Waals surface area contributed by atoms with Crippen LogP contribution in [0.15, 0.2) is 36.5 Å². The zero-order valence-corrected chi connectivity index (χ0v) is 18.1. The van der Waals surface area contributed by atoms with E-state index < -0.39 is 11.6 Å². The van der Waals surface area contributed by atoms with E-state index in [1.807, 2.05) is 20.8 Å². The van der Waals surface area contributed by atoms with Crippen molar-refractivity contribution in [3.8, 4) is 17.2 Å². The first-order valence-corrected chi connectivity index (χ1v) is 10.2. The number of nitrogens with one attached hydrogen (secondary N) is 2. The minimum Gasteiger partial charge on any atom is -0.456 e. The van der Waals surface area contributed by atoms with Crippen LogP contribution in [-0.2, 0) is 4.79 Å². The number of carbonyl (C=O) groups is 2. The van der Waals surface area contributed by atoms with Crippen LogP contribution in [0.4, 0.5) is 10.7 Å². The van der Waals surface area contributed by atoms with Gasteiger partial charge in [0.05, 0.1) is 11.2 Å². The van der Waals surface area contributed by atoms with Gasteiger partial charge < -0.3 is 14.8 Å². The maximum Gasteiger partial charge on any atom is 0.413 e. The van der Waals surface area contributed by atoms with E-state index in [0.29, 0.717) is 17.1 Å². The van der Waals surface area contributed by atoms with Crippen LogP contribution in [0.25, 0.3) is 5.65 Å². The van der Waals surface area contributed by atoms with E-state index in [-0.39, 0.29) is 28.5 Å². The summed E-state index contributed by atoms with van der Waals surface area (Å²) in [5.74, 6) is 1.33. The first-order valence-electron chi connectivity index (χ1n) is 9.81. The van der Waals surface area contributed by atoms with Crippen molar-refractivity contribution in [2.24, 2.45) is 5.92 Å². The molecule has 31 heavy (non-hydrogen) atoms. The number of ether oxygens (including phenoxy) is 2. The molecule has 10 heteroatoms. The zero-order valence-electron chi connectivity index (χ0n) is 17.3. The normalized spacial score (nSPS) is 13.7. The molecule has 0 unspecified atom stereocenters. The van der Waals surface area contributed by atoms with Crippen LogP contribution in [0, 0.1) is 5.92 Å². The number of rotatable bonds is 5. The summed E-state index contributed by atoms with van der Waals surface area (Å²) >= 11 is 6.15. The van der Waals surface area contributed by atoms with E-state index in [1.165, 1.54) is 10.6 Å². The Morgan fingerprint density at radius 1 is 1.16 bits per heavy atom. The molecule has 0 atom stereocenters. The highest BCUT2D eigenvalue weighted by Gasteiger charge is 2.30. The van der Waals surface area contributed by atoms with Crippen LogP contribution in [0.1, 0.15) is 33.6 Å². The third-order valence-electron chi connectivity index (χ3n) is 4.31. The summed E-state index contributed by atoms with van der Waals surface area (Å²) in [4.78, 5) is 28.2. The Hall–Kier alpha value is -3.33. The summed E-state index contributed by atoms with van der Waals surface area (Å²) in [5, 5.41) is 9.96. The lowest BCUT2D eigenvalue weighted by molar-refractivity contribution is -0.117. The van der Waals surface area contributed by atoms with Gasteiger partial charge in [-0.3, -0.25) is 10.1 Å². The molecule has 0 bridgehead atoms. The zero-order chi connectivity index (χ0) is 22.2. The van der Waals surface area contributed by atoms with Crippen molar-refractivity contribution in [2.45, 2.75) is 39.2 Å². The summed E-state index contributed by atoms with van der Waals surface area (Å²) in [6.45, 7) is 5.54. The Bertz CT molecular complexity index is 1150. The van der Waals surface area contributed by atoms with Crippen LogP contribution in [0.5, 0.6) is 17.2 Å². The number of hydrogen-bond donors (Lipinski definition) is 2. The SMILES string of the molecule is CC(C)(C)NC(=O)Oc1cc(Oc2ccc3nc(NC(=O)C4CC4)nn3c2)ccc1Cl. The van der Waals surface area contributed by atoms with Gasteiger partial charge >= 0.3 is 6.09 Å². The highest BCUT2D eigenvalue weighted by molar-refractivity contribution is 6.32. The van der Waals surface area contributed by atoms with E-state index in [4.69, 9.17) is 21.1 Å². The van der Waals surface area contributed by atoms with Crippen LogP contribution in [0.2, 0.25) is 5.02 Å². The van der Waals surface area contributed by atoms with Crippen molar-refractivity contribution in [1.29, 1.82) is 0 Å². The highest BCUT2D eigenvalue weighted by Crippen LogP contribution is 2.32. The third-order valence-corrected chi connectivity index (χ3v) is 4.62. The Balaban J connectivity index is 1.47. The van der Waals surface area contributed by atoms with Crippen molar-refractivity contribution < 1.29 is 19.1 Å². The first-order chi connectivity index (χ1) is 14.7. The van der Waals surface area contributed by atoms with Crippen molar-refractivity contribution in [1.82, 2.24) is 19.9 Å². The number of halogens is 1. The fraction of sp³-hybridized carbons (Fsp3) is 0.333. The molecule has 0 aliphatic heterocycles. The number of benzene rings is 1. The maximum absolute atomic E-state index is 12.0. The minimum atomic E-state index is -0.614. The molecule has 3 aromatic rings. The molecule has 1 fully saturated rings. The first kappa shape index (κ1) is 20.9. The third kappa shape index (κ3) is 5.43. The molecule has 9 nitrogen and oxygen atoms in total. The number of amides is 2. The molecule has 1 aliphatic rings. The number of nitrogens with zero attached hydrogens (tertiary/aromatic N) is 3. The monoisotopic (exact) mass is 443 g/mol. The summed E-state index contributed by atoms with van der Waals surface area (Å²) in [6.07, 6.45) is 2.83. The molecule has 1 saturated carbocycles. The Morgan fingerprint density at radius 2 is 1.90 bits per heavy atom. The second-order valence-electron chi connectivity index (χ2n) is 8.33. The average molecular weight is 444 g/mol. The second kappa shape index (κ2) is 8.07. The van der Waals surface area contributed by atoms with Crippen LogP contribution < -0.4 is 20.1 Å². The summed E-state index contributed by atoms with van der Waals surface area (Å²) in [6, 6.07) is 8.20. The van der Waals surface area contributed by atoms with Gasteiger partial charge in [-0.2, -0.15) is 4.98 Å². The molecule has 4 rings (SSSR count). The smallest absolute Gasteiger partial charge is 0.413 e. The number of pyridine rings is 1. The van der Waals surface area contributed by atoms with Gasteiger partial charge in [-0.05, 0) is 57.9 Å². The van der Waals surface area contributed by atoms with Crippen molar-refractivity contribution in [2.75, 3.05) is 5.32 Å². The van der Waals surface area contributed by atoms with E-state index in [1.54, 1.807) is 30.5 Å². The van der Waals surface area contributed by atoms with Crippen LogP contribution >= 0.6 is 11.6 Å². The Morgan fingerprint density at radius 3 is 2.61 bits per heavy atom. The maximum atomic E-state index is 12.0. The molecule has 2 aromatic heterocycles. The van der Waals surface area contributed by atoms with Gasteiger partial charge in [0.1, 0.15) is 11.5 Å². The van der Waals surface area contributed by atoms with Gasteiger partial charge in [-0.25, -0.2) is 9.31 Å². The number of aromatic nitrogens is 3. The minimum absolute atomic E-state index is 0.0587. The molecule has 0 spiro atoms. The van der Waals surface area contributed by atoms with Gasteiger partial charge in [0.15, 0.2) is 11.4 Å². The molecule has 2 N–H and O–H groups in total. The van der Waals surface area contributed by atoms with Gasteiger partial charge in [0.25, 0.3) is 0 Å². The fourth-order valence-electron chi connectivity index (χ4n) is 2.73. The molecule has 0 radical (unpaired) electrons. The molecular formula is C21H22ClN5O4. The second-order valence-corrected chi connectivity index (χ2v) is 8.73. The van der Waals surface area contributed by atoms with Crippen molar-refractivity contribution >= 4 is 35.2 Å². The molecular weight excluding hydrogens is 422 g/mol. The number of carbonyl (C=O) groups excluding carboxylic acids is 2. The van der Waals surface area contributed by atoms with E-state index in [9.17, 15) is 9.59 Å². The van der Waals surface area contributed by atoms with Crippen LogP contribution in [0.3, 0.4) is 0 Å². The highest BCUT2D eigenvalue weighted by atomic mass is 35.5. The van der Waals surface area contributed by atoms with Crippen molar-refractivity contribution in [3.63, 3.8) is 0 Å². The van der Waals surface area contributed by atoms with Gasteiger partial charge in [-0.15, -0.1) is 5.10 Å². The summed E-state index contributed by atoms with van der Waals surface area (Å²) < 4.78 is 12.7. The molecule has 1 aliphatic carbocycles. The van der Waals surface area contributed by atoms with Gasteiger partial charge in [0.2, 0.25) is 11.9 Å². The lowest BCUT2D eigenvalue weighted by Gasteiger charge is -2.20. The van der Waals surface area contributed by atoms with E-state index >= 15 is 0 Å². The largest absolute Gasteiger partial charge is 0.456 e. The Labute approximate surface area is 183 Å². The number of anilines is 1. The van der Waals surface area contributed by atoms with Gasteiger partial charge in [0, 0.05) is 17.5 Å². The fourth-order valence-corrected chi connectivity index (χ4v) is 2.88. The molecule has 2 amide bonds. The predicted octanol–water partition coefficient (Wildman–Crippen LogP) is 4.41. The lowest BCUT2D eigenvalue weighted by atomic mass is 10.1. The van der Waals surface area contributed by atoms with Crippen LogP contribution in [-0.4, -0.2) is 32.1 Å². The molecule has 162 valence electrons. The number of fused-ring (bicyclic) bond motifs is 1. The predicted molar refractivity (Wildman–Crippen MR) is 115 cm³/mol. The molecule has 1 aromatic carbocycles. The van der Waals surface area contributed by atoms with Gasteiger partial charge in [-0.1, -0.05) is 11.6 Å². The Kier molecular flexibility index (Phi) is 5.45. The standard InChI is InChI=1S/C21H22ClN5O4/c1-21(2,3)25-20(29)31-16-10-13(6-8-15(16)22)30-14-7-9-17-23-19(26-27(17)11-14)24-18(28)12-4-5-12/h6-12H,4-5H2,1-3H3,(H,25,29)(H,24,26,28). The summed E-state index contributed by atoms with van der Waals surface area (Å²) in [5.41, 5.74) is 0.124. The van der Waals surface area contributed by atoms with Crippen molar-refractivity contribution in [3.05, 3.63) is 41.6 Å². The molecule has 2 heterocycles.